The zero-order valence-corrected chi connectivity index (χ0v) is 20.0. The summed E-state index contributed by atoms with van der Waals surface area (Å²) in [7, 11) is 1.65. The van der Waals surface area contributed by atoms with Crippen molar-refractivity contribution in [1.82, 2.24) is 19.7 Å². The van der Waals surface area contributed by atoms with Gasteiger partial charge in [-0.05, 0) is 48.1 Å². The Balaban J connectivity index is 1.67. The van der Waals surface area contributed by atoms with Crippen LogP contribution in [0.25, 0.3) is 17.1 Å². The van der Waals surface area contributed by atoms with Gasteiger partial charge in [-0.15, -0.1) is 10.2 Å². The van der Waals surface area contributed by atoms with E-state index in [2.05, 4.69) is 55.2 Å². The fourth-order valence-corrected chi connectivity index (χ4v) is 4.67. The lowest BCUT2D eigenvalue weighted by atomic mass is 9.87. The Morgan fingerprint density at radius 2 is 1.66 bits per heavy atom. The molecule has 0 spiro atoms. The van der Waals surface area contributed by atoms with E-state index in [1.165, 1.54) is 17.3 Å². The molecule has 0 saturated carbocycles. The van der Waals surface area contributed by atoms with E-state index < -0.39 is 0 Å². The van der Waals surface area contributed by atoms with Crippen LogP contribution in [0.3, 0.4) is 0 Å². The van der Waals surface area contributed by atoms with Crippen LogP contribution < -0.4 is 4.74 Å². The molecule has 7 heteroatoms. The molecule has 1 aromatic heterocycles. The van der Waals surface area contributed by atoms with Gasteiger partial charge in [-0.3, -0.25) is 9.36 Å². The summed E-state index contributed by atoms with van der Waals surface area (Å²) in [6.45, 7) is 8.32. The maximum Gasteiger partial charge on any atom is 0.233 e. The topological polar surface area (TPSA) is 60.2 Å². The number of thioether (sulfide) groups is 1. The average molecular weight is 451 g/mol. The minimum atomic E-state index is 0.0825. The standard InChI is InChI=1S/C25H30N4O2S/c1-25(2,3)19-9-7-18(8-10-19)23-26-27-24(32-17-22(30)28-15-5-6-16-28)29(23)20-11-13-21(31-4)14-12-20/h7-14H,5-6,15-17H2,1-4H3. The molecule has 0 atom stereocenters. The smallest absolute Gasteiger partial charge is 0.233 e. The van der Waals surface area contributed by atoms with Gasteiger partial charge < -0.3 is 9.64 Å². The second-order valence-corrected chi connectivity index (χ2v) is 9.99. The molecular formula is C25H30N4O2S. The molecule has 1 aliphatic rings. The number of carbonyl (C=O) groups is 1. The molecule has 1 fully saturated rings. The highest BCUT2D eigenvalue weighted by molar-refractivity contribution is 7.99. The summed E-state index contributed by atoms with van der Waals surface area (Å²) in [5.74, 6) is 2.06. The molecule has 2 heterocycles. The molecule has 1 aliphatic heterocycles. The lowest BCUT2D eigenvalue weighted by Gasteiger charge is -2.19. The Morgan fingerprint density at radius 1 is 1.00 bits per heavy atom. The van der Waals surface area contributed by atoms with Crippen LogP contribution in [0, 0.1) is 0 Å². The van der Waals surface area contributed by atoms with Gasteiger partial charge in [-0.25, -0.2) is 0 Å². The van der Waals surface area contributed by atoms with Crippen molar-refractivity contribution in [2.75, 3.05) is 26.0 Å². The number of likely N-dealkylation sites (tertiary alicyclic amines) is 1. The molecule has 1 saturated heterocycles. The first-order valence-corrected chi connectivity index (χ1v) is 12.0. The van der Waals surface area contributed by atoms with Crippen molar-refractivity contribution < 1.29 is 9.53 Å². The lowest BCUT2D eigenvalue weighted by Crippen LogP contribution is -2.29. The highest BCUT2D eigenvalue weighted by atomic mass is 32.2. The molecule has 4 rings (SSSR count). The number of ether oxygens (including phenoxy) is 1. The Labute approximate surface area is 194 Å². The molecule has 168 valence electrons. The van der Waals surface area contributed by atoms with Gasteiger partial charge >= 0.3 is 0 Å². The summed E-state index contributed by atoms with van der Waals surface area (Å²) >= 11 is 1.44. The van der Waals surface area contributed by atoms with Crippen molar-refractivity contribution in [3.05, 3.63) is 54.1 Å². The Morgan fingerprint density at radius 3 is 2.25 bits per heavy atom. The summed E-state index contributed by atoms with van der Waals surface area (Å²) in [6.07, 6.45) is 2.18. The van der Waals surface area contributed by atoms with E-state index >= 15 is 0 Å². The number of carbonyl (C=O) groups excluding carboxylic acids is 1. The summed E-state index contributed by atoms with van der Waals surface area (Å²) in [5, 5.41) is 9.67. The molecule has 6 nitrogen and oxygen atoms in total. The molecular weight excluding hydrogens is 420 g/mol. The number of rotatable bonds is 6. The van der Waals surface area contributed by atoms with Crippen LogP contribution in [0.5, 0.6) is 5.75 Å². The number of aromatic nitrogens is 3. The van der Waals surface area contributed by atoms with E-state index in [1.54, 1.807) is 7.11 Å². The quantitative estimate of drug-likeness (QED) is 0.497. The number of amides is 1. The van der Waals surface area contributed by atoms with Gasteiger partial charge in [0, 0.05) is 24.3 Å². The first kappa shape index (κ1) is 22.4. The van der Waals surface area contributed by atoms with Crippen molar-refractivity contribution in [2.45, 2.75) is 44.2 Å². The highest BCUT2D eigenvalue weighted by Crippen LogP contribution is 2.31. The highest BCUT2D eigenvalue weighted by Gasteiger charge is 2.22. The number of nitrogens with zero attached hydrogens (tertiary/aromatic N) is 4. The largest absolute Gasteiger partial charge is 0.497 e. The van der Waals surface area contributed by atoms with Gasteiger partial charge in [0.2, 0.25) is 5.91 Å². The van der Waals surface area contributed by atoms with Gasteiger partial charge in [0.05, 0.1) is 12.9 Å². The van der Waals surface area contributed by atoms with E-state index in [1.807, 2.05) is 33.7 Å². The Hall–Kier alpha value is -2.80. The molecule has 2 aromatic carbocycles. The van der Waals surface area contributed by atoms with E-state index in [4.69, 9.17) is 4.74 Å². The van der Waals surface area contributed by atoms with Gasteiger partial charge in [-0.1, -0.05) is 56.8 Å². The maximum atomic E-state index is 12.6. The van der Waals surface area contributed by atoms with Crippen LogP contribution >= 0.6 is 11.8 Å². The van der Waals surface area contributed by atoms with Crippen LogP contribution in [-0.4, -0.2) is 51.5 Å². The fraction of sp³-hybridized carbons (Fsp3) is 0.400. The molecule has 32 heavy (non-hydrogen) atoms. The first-order valence-electron chi connectivity index (χ1n) is 11.0. The summed E-state index contributed by atoms with van der Waals surface area (Å²) < 4.78 is 7.34. The van der Waals surface area contributed by atoms with Crippen LogP contribution in [0.2, 0.25) is 0 Å². The number of benzene rings is 2. The van der Waals surface area contributed by atoms with E-state index in [0.717, 1.165) is 48.8 Å². The van der Waals surface area contributed by atoms with Gasteiger partial charge in [0.1, 0.15) is 5.75 Å². The van der Waals surface area contributed by atoms with Gasteiger partial charge in [0.15, 0.2) is 11.0 Å². The minimum Gasteiger partial charge on any atom is -0.497 e. The minimum absolute atomic E-state index is 0.0825. The zero-order chi connectivity index (χ0) is 22.7. The summed E-state index contributed by atoms with van der Waals surface area (Å²) in [6, 6.07) is 16.3. The van der Waals surface area contributed by atoms with Gasteiger partial charge in [-0.2, -0.15) is 0 Å². The number of hydrogen-bond acceptors (Lipinski definition) is 5. The van der Waals surface area contributed by atoms with Crippen molar-refractivity contribution in [3.8, 4) is 22.8 Å². The van der Waals surface area contributed by atoms with Gasteiger partial charge in [0.25, 0.3) is 0 Å². The summed E-state index contributed by atoms with van der Waals surface area (Å²) in [4.78, 5) is 14.5. The van der Waals surface area contributed by atoms with Crippen LogP contribution in [0.1, 0.15) is 39.2 Å². The molecule has 0 bridgehead atoms. The summed E-state index contributed by atoms with van der Waals surface area (Å²) in [5.41, 5.74) is 3.27. The SMILES string of the molecule is COc1ccc(-n2c(SCC(=O)N3CCCC3)nnc2-c2ccc(C(C)(C)C)cc2)cc1. The van der Waals surface area contributed by atoms with E-state index in [0.29, 0.717) is 10.9 Å². The Bertz CT molecular complexity index is 1060. The van der Waals surface area contributed by atoms with E-state index in [-0.39, 0.29) is 11.3 Å². The van der Waals surface area contributed by atoms with E-state index in [9.17, 15) is 4.79 Å². The fourth-order valence-electron chi connectivity index (χ4n) is 3.82. The molecule has 0 radical (unpaired) electrons. The normalized spacial score (nSPS) is 14.1. The van der Waals surface area contributed by atoms with Crippen molar-refractivity contribution >= 4 is 17.7 Å². The van der Waals surface area contributed by atoms with Crippen molar-refractivity contribution in [2.24, 2.45) is 0 Å². The third-order valence-electron chi connectivity index (χ3n) is 5.76. The third kappa shape index (κ3) is 4.83. The molecule has 0 N–H and O–H groups in total. The zero-order valence-electron chi connectivity index (χ0n) is 19.2. The predicted molar refractivity (Wildman–Crippen MR) is 129 cm³/mol. The van der Waals surface area contributed by atoms with Crippen molar-refractivity contribution in [1.29, 1.82) is 0 Å². The number of hydrogen-bond donors (Lipinski definition) is 0. The van der Waals surface area contributed by atoms with Crippen LogP contribution in [0.4, 0.5) is 0 Å². The second kappa shape index (κ2) is 9.36. The average Bonchev–Trinajstić information content (AvgIpc) is 3.47. The van der Waals surface area contributed by atoms with Crippen molar-refractivity contribution in [3.63, 3.8) is 0 Å². The number of methoxy groups -OCH3 is 1. The Kier molecular flexibility index (Phi) is 6.55. The lowest BCUT2D eigenvalue weighted by molar-refractivity contribution is -0.127. The predicted octanol–water partition coefficient (Wildman–Crippen LogP) is 4.95. The maximum absolute atomic E-state index is 12.6. The molecule has 0 unspecified atom stereocenters. The second-order valence-electron chi connectivity index (χ2n) is 9.04. The molecule has 1 amide bonds. The third-order valence-corrected chi connectivity index (χ3v) is 6.67. The molecule has 0 aliphatic carbocycles. The first-order chi connectivity index (χ1) is 15.4. The molecule has 3 aromatic rings. The monoisotopic (exact) mass is 450 g/mol. The van der Waals surface area contributed by atoms with Crippen LogP contribution in [0.15, 0.2) is 53.7 Å². The van der Waals surface area contributed by atoms with Crippen LogP contribution in [-0.2, 0) is 10.2 Å².